The van der Waals surface area contributed by atoms with Crippen molar-refractivity contribution in [3.05, 3.63) is 52.5 Å². The maximum absolute atomic E-state index is 6.01. The molecule has 0 unspecified atom stereocenters. The van der Waals surface area contributed by atoms with Gasteiger partial charge >= 0.3 is 0 Å². The van der Waals surface area contributed by atoms with Gasteiger partial charge in [-0.1, -0.05) is 23.7 Å². The first-order chi connectivity index (χ1) is 12.6. The van der Waals surface area contributed by atoms with Crippen LogP contribution in [0.3, 0.4) is 0 Å². The number of methoxy groups -OCH3 is 3. The van der Waals surface area contributed by atoms with Crippen molar-refractivity contribution in [1.82, 2.24) is 10.6 Å². The molecule has 0 aliphatic heterocycles. The van der Waals surface area contributed by atoms with Gasteiger partial charge in [0, 0.05) is 25.2 Å². The van der Waals surface area contributed by atoms with Crippen LogP contribution in [-0.2, 0) is 13.1 Å². The summed E-state index contributed by atoms with van der Waals surface area (Å²) in [4.78, 5) is 4.23. The fraction of sp³-hybridized carbons (Fsp3) is 0.316. The molecular weight excluding hydrogens is 354 g/mol. The maximum Gasteiger partial charge on any atom is 0.203 e. The number of hydrogen-bond donors (Lipinski definition) is 2. The molecule has 0 saturated heterocycles. The minimum absolute atomic E-state index is 0.548. The molecular formula is C19H24ClN3O3. The third-order valence-electron chi connectivity index (χ3n) is 3.76. The zero-order valence-electron chi connectivity index (χ0n) is 15.4. The Labute approximate surface area is 159 Å². The van der Waals surface area contributed by atoms with Crippen molar-refractivity contribution in [3.63, 3.8) is 0 Å². The molecule has 0 atom stereocenters. The smallest absolute Gasteiger partial charge is 0.203 e. The summed E-state index contributed by atoms with van der Waals surface area (Å²) in [6.45, 7) is 1.17. The van der Waals surface area contributed by atoms with Gasteiger partial charge < -0.3 is 24.8 Å². The molecule has 0 aromatic heterocycles. The van der Waals surface area contributed by atoms with E-state index in [1.807, 2.05) is 36.4 Å². The average Bonchev–Trinajstić information content (AvgIpc) is 2.67. The molecule has 2 aromatic carbocycles. The summed E-state index contributed by atoms with van der Waals surface area (Å²) >= 11 is 6.01. The molecule has 2 N–H and O–H groups in total. The quantitative estimate of drug-likeness (QED) is 0.573. The number of benzene rings is 2. The summed E-state index contributed by atoms with van der Waals surface area (Å²) in [5.74, 6) is 2.48. The van der Waals surface area contributed by atoms with Gasteiger partial charge in [-0.25, -0.2) is 0 Å². The van der Waals surface area contributed by atoms with E-state index in [2.05, 4.69) is 15.6 Å². The van der Waals surface area contributed by atoms with Crippen molar-refractivity contribution in [2.45, 2.75) is 13.1 Å². The molecule has 0 amide bonds. The Morgan fingerprint density at radius 1 is 0.923 bits per heavy atom. The van der Waals surface area contributed by atoms with Crippen LogP contribution >= 0.6 is 11.6 Å². The SMILES string of the molecule is CN=C(NCc1cccc(Cl)c1)NCc1cc(OC)c(OC)c(OC)c1. The Morgan fingerprint density at radius 2 is 1.54 bits per heavy atom. The van der Waals surface area contributed by atoms with Crippen LogP contribution in [-0.4, -0.2) is 34.3 Å². The predicted octanol–water partition coefficient (Wildman–Crippen LogP) is 3.23. The number of aliphatic imine (C=N–C) groups is 1. The van der Waals surface area contributed by atoms with Gasteiger partial charge in [-0.3, -0.25) is 4.99 Å². The van der Waals surface area contributed by atoms with Crippen LogP contribution in [0.1, 0.15) is 11.1 Å². The first-order valence-corrected chi connectivity index (χ1v) is 8.47. The normalized spacial score (nSPS) is 11.0. The number of ether oxygens (including phenoxy) is 3. The van der Waals surface area contributed by atoms with Gasteiger partial charge in [0.1, 0.15) is 0 Å². The zero-order valence-corrected chi connectivity index (χ0v) is 16.2. The van der Waals surface area contributed by atoms with Crippen molar-refractivity contribution in [3.8, 4) is 17.2 Å². The summed E-state index contributed by atoms with van der Waals surface area (Å²) in [5.41, 5.74) is 2.05. The van der Waals surface area contributed by atoms with E-state index in [9.17, 15) is 0 Å². The van der Waals surface area contributed by atoms with Crippen LogP contribution in [0.4, 0.5) is 0 Å². The first-order valence-electron chi connectivity index (χ1n) is 8.09. The van der Waals surface area contributed by atoms with E-state index in [0.717, 1.165) is 11.1 Å². The third kappa shape index (κ3) is 5.20. The molecule has 0 fully saturated rings. The number of rotatable bonds is 7. The van der Waals surface area contributed by atoms with Crippen molar-refractivity contribution in [2.75, 3.05) is 28.4 Å². The summed E-state index contributed by atoms with van der Waals surface area (Å²) in [6, 6.07) is 11.5. The summed E-state index contributed by atoms with van der Waals surface area (Å²) in [5, 5.41) is 7.23. The molecule has 0 spiro atoms. The lowest BCUT2D eigenvalue weighted by atomic mass is 10.2. The van der Waals surface area contributed by atoms with Crippen molar-refractivity contribution in [1.29, 1.82) is 0 Å². The Kier molecular flexibility index (Phi) is 7.41. The minimum atomic E-state index is 0.548. The molecule has 2 rings (SSSR count). The molecule has 0 aliphatic carbocycles. The third-order valence-corrected chi connectivity index (χ3v) is 3.99. The Morgan fingerprint density at radius 3 is 2.04 bits per heavy atom. The molecule has 0 bridgehead atoms. The van der Waals surface area contributed by atoms with Crippen molar-refractivity contribution >= 4 is 17.6 Å². The highest BCUT2D eigenvalue weighted by atomic mass is 35.5. The number of hydrogen-bond acceptors (Lipinski definition) is 4. The Balaban J connectivity index is 2.01. The molecule has 0 heterocycles. The van der Waals surface area contributed by atoms with Crippen LogP contribution in [0, 0.1) is 0 Å². The highest BCUT2D eigenvalue weighted by Crippen LogP contribution is 2.38. The second-order valence-electron chi connectivity index (χ2n) is 5.44. The standard InChI is InChI=1S/C19H24ClN3O3/c1-21-19(22-11-13-6-5-7-15(20)8-13)23-12-14-9-16(24-2)18(26-4)17(10-14)25-3/h5-10H,11-12H2,1-4H3,(H2,21,22,23). The van der Waals surface area contributed by atoms with E-state index >= 15 is 0 Å². The minimum Gasteiger partial charge on any atom is -0.493 e. The monoisotopic (exact) mass is 377 g/mol. The van der Waals surface area contributed by atoms with E-state index in [4.69, 9.17) is 25.8 Å². The van der Waals surface area contributed by atoms with Crippen molar-refractivity contribution < 1.29 is 14.2 Å². The van der Waals surface area contributed by atoms with Crippen LogP contribution in [0.15, 0.2) is 41.4 Å². The fourth-order valence-corrected chi connectivity index (χ4v) is 2.69. The number of guanidine groups is 1. The molecule has 6 nitrogen and oxygen atoms in total. The number of nitrogens with one attached hydrogen (secondary N) is 2. The van der Waals surface area contributed by atoms with Gasteiger partial charge in [-0.15, -0.1) is 0 Å². The molecule has 2 aromatic rings. The van der Waals surface area contributed by atoms with Crippen LogP contribution in [0.5, 0.6) is 17.2 Å². The molecule has 140 valence electrons. The van der Waals surface area contributed by atoms with Crippen LogP contribution in [0.2, 0.25) is 5.02 Å². The fourth-order valence-electron chi connectivity index (χ4n) is 2.48. The van der Waals surface area contributed by atoms with Crippen molar-refractivity contribution in [2.24, 2.45) is 4.99 Å². The molecule has 26 heavy (non-hydrogen) atoms. The highest BCUT2D eigenvalue weighted by Gasteiger charge is 2.13. The van der Waals surface area contributed by atoms with E-state index in [-0.39, 0.29) is 0 Å². The van der Waals surface area contributed by atoms with Gasteiger partial charge in [0.2, 0.25) is 5.75 Å². The summed E-state index contributed by atoms with van der Waals surface area (Å²) < 4.78 is 16.1. The van der Waals surface area contributed by atoms with Gasteiger partial charge in [0.05, 0.1) is 21.3 Å². The first kappa shape index (κ1) is 19.7. The molecule has 7 heteroatoms. The predicted molar refractivity (Wildman–Crippen MR) is 105 cm³/mol. The maximum atomic E-state index is 6.01. The lowest BCUT2D eigenvalue weighted by Crippen LogP contribution is -2.36. The zero-order chi connectivity index (χ0) is 18.9. The second-order valence-corrected chi connectivity index (χ2v) is 5.88. The second kappa shape index (κ2) is 9.77. The molecule has 0 aliphatic rings. The van der Waals surface area contributed by atoms with Gasteiger partial charge in [-0.05, 0) is 35.4 Å². The largest absolute Gasteiger partial charge is 0.493 e. The van der Waals surface area contributed by atoms with Gasteiger partial charge in [0.25, 0.3) is 0 Å². The summed E-state index contributed by atoms with van der Waals surface area (Å²) in [6.07, 6.45) is 0. The van der Waals surface area contributed by atoms with Gasteiger partial charge in [0.15, 0.2) is 17.5 Å². The number of halogens is 1. The van der Waals surface area contributed by atoms with E-state index in [1.54, 1.807) is 28.4 Å². The van der Waals surface area contributed by atoms with E-state index < -0.39 is 0 Å². The van der Waals surface area contributed by atoms with Crippen LogP contribution < -0.4 is 24.8 Å². The highest BCUT2D eigenvalue weighted by molar-refractivity contribution is 6.30. The number of nitrogens with zero attached hydrogens (tertiary/aromatic N) is 1. The topological polar surface area (TPSA) is 64.1 Å². The molecule has 0 saturated carbocycles. The Bertz CT molecular complexity index is 740. The van der Waals surface area contributed by atoms with E-state index in [0.29, 0.717) is 41.3 Å². The lowest BCUT2D eigenvalue weighted by Gasteiger charge is -2.16. The Hall–Kier alpha value is -2.60. The summed E-state index contributed by atoms with van der Waals surface area (Å²) in [7, 11) is 6.50. The average molecular weight is 378 g/mol. The van der Waals surface area contributed by atoms with E-state index in [1.165, 1.54) is 0 Å². The van der Waals surface area contributed by atoms with Crippen LogP contribution in [0.25, 0.3) is 0 Å². The lowest BCUT2D eigenvalue weighted by molar-refractivity contribution is 0.323. The van der Waals surface area contributed by atoms with Gasteiger partial charge in [-0.2, -0.15) is 0 Å². The molecule has 0 radical (unpaired) electrons.